The predicted octanol–water partition coefficient (Wildman–Crippen LogP) is 11.6. The Kier molecular flexibility index (Phi) is 22.5. The van der Waals surface area contributed by atoms with Crippen LogP contribution in [0.5, 0.6) is 5.75 Å². The summed E-state index contributed by atoms with van der Waals surface area (Å²) in [6, 6.07) is 23.2. The van der Waals surface area contributed by atoms with Gasteiger partial charge < -0.3 is 25.4 Å². The van der Waals surface area contributed by atoms with Crippen LogP contribution in [0.3, 0.4) is 0 Å². The minimum absolute atomic E-state index is 0.000463. The van der Waals surface area contributed by atoms with E-state index in [0.29, 0.717) is 17.1 Å². The van der Waals surface area contributed by atoms with Gasteiger partial charge in [-0.25, -0.2) is 9.97 Å². The van der Waals surface area contributed by atoms with E-state index < -0.39 is 6.04 Å². The summed E-state index contributed by atoms with van der Waals surface area (Å²) in [5.74, 6) is 1.29. The van der Waals surface area contributed by atoms with Gasteiger partial charge in [-0.1, -0.05) is 124 Å². The van der Waals surface area contributed by atoms with Crippen LogP contribution < -0.4 is 15.4 Å². The highest BCUT2D eigenvalue weighted by Gasteiger charge is 2.29. The molecule has 1 fully saturated rings. The summed E-state index contributed by atoms with van der Waals surface area (Å²) < 4.78 is 5.90. The maximum Gasteiger partial charge on any atom is 0.290 e. The number of unbranched alkanes of at least 4 members (excludes halogenated alkanes) is 4. The van der Waals surface area contributed by atoms with E-state index >= 15 is 0 Å². The van der Waals surface area contributed by atoms with Gasteiger partial charge in [-0.05, 0) is 77.6 Å². The van der Waals surface area contributed by atoms with E-state index in [2.05, 4.69) is 69.1 Å². The molecule has 1 atom stereocenters. The van der Waals surface area contributed by atoms with Crippen LogP contribution in [0.1, 0.15) is 142 Å². The van der Waals surface area contributed by atoms with Crippen molar-refractivity contribution < 1.29 is 29.0 Å². The van der Waals surface area contributed by atoms with Gasteiger partial charge in [0.15, 0.2) is 5.82 Å². The molecule has 0 bridgehead atoms. The van der Waals surface area contributed by atoms with Gasteiger partial charge in [0.25, 0.3) is 18.3 Å². The zero-order chi connectivity index (χ0) is 48.0. The van der Waals surface area contributed by atoms with Crippen molar-refractivity contribution >= 4 is 46.9 Å². The minimum Gasteiger partial charge on any atom is -0.494 e. The fraction of sp³-hybridized carbons (Fsp3) is 0.462. The molecule has 0 spiro atoms. The van der Waals surface area contributed by atoms with Crippen LogP contribution in [0.25, 0.3) is 22.5 Å². The molecule has 1 aliphatic rings. The number of rotatable bonds is 15. The third kappa shape index (κ3) is 17.5. The van der Waals surface area contributed by atoms with Gasteiger partial charge in [0.05, 0.1) is 16.4 Å². The number of nitrogens with one attached hydrogen (secondary N) is 2. The van der Waals surface area contributed by atoms with Crippen LogP contribution in [0.2, 0.25) is 0 Å². The minimum atomic E-state index is -0.634. The Hall–Kier alpha value is -5.40. The highest BCUT2D eigenvalue weighted by Crippen LogP contribution is 2.31. The lowest BCUT2D eigenvalue weighted by molar-refractivity contribution is -0.132. The smallest absolute Gasteiger partial charge is 0.290 e. The molecular formula is C52H71N5O6S2. The summed E-state index contributed by atoms with van der Waals surface area (Å²) >= 11 is 3.05. The summed E-state index contributed by atoms with van der Waals surface area (Å²) in [5, 5.41) is 12.6. The van der Waals surface area contributed by atoms with Crippen molar-refractivity contribution in [2.75, 3.05) is 26.7 Å². The van der Waals surface area contributed by atoms with Crippen LogP contribution in [0.4, 0.5) is 0 Å². The molecule has 2 aromatic carbocycles. The molecule has 0 radical (unpaired) electrons. The summed E-state index contributed by atoms with van der Waals surface area (Å²) in [4.78, 5) is 61.4. The summed E-state index contributed by atoms with van der Waals surface area (Å²) in [6.07, 6.45) is 12.2. The Balaban J connectivity index is 0.000000525. The Morgan fingerprint density at radius 2 is 1.25 bits per heavy atom. The number of likely N-dealkylation sites (tertiary alicyclic amines) is 1. The normalized spacial score (nSPS) is 12.6. The van der Waals surface area contributed by atoms with E-state index in [-0.39, 0.29) is 35.0 Å². The van der Waals surface area contributed by atoms with Crippen molar-refractivity contribution in [3.05, 3.63) is 110 Å². The molecule has 6 rings (SSSR count). The quantitative estimate of drug-likeness (QED) is 0.0693. The molecule has 352 valence electrons. The van der Waals surface area contributed by atoms with Crippen molar-refractivity contribution in [3.63, 3.8) is 0 Å². The predicted molar refractivity (Wildman–Crippen MR) is 267 cm³/mol. The fourth-order valence-electron chi connectivity index (χ4n) is 6.73. The second-order valence-electron chi connectivity index (χ2n) is 17.6. The fourth-order valence-corrected chi connectivity index (χ4v) is 8.70. The lowest BCUT2D eigenvalue weighted by Gasteiger charge is -2.24. The van der Waals surface area contributed by atoms with E-state index in [4.69, 9.17) is 14.6 Å². The third-order valence-corrected chi connectivity index (χ3v) is 13.4. The zero-order valence-electron chi connectivity index (χ0n) is 40.2. The molecule has 13 heteroatoms. The van der Waals surface area contributed by atoms with Gasteiger partial charge in [0.2, 0.25) is 5.91 Å². The average Bonchev–Trinajstić information content (AvgIpc) is 4.13. The average molecular weight is 926 g/mol. The van der Waals surface area contributed by atoms with E-state index in [1.54, 1.807) is 18.4 Å². The lowest BCUT2D eigenvalue weighted by atomic mass is 9.95. The number of aromatic nitrogens is 2. The maximum atomic E-state index is 13.5. The first-order chi connectivity index (χ1) is 31.1. The Morgan fingerprint density at radius 3 is 1.74 bits per heavy atom. The number of carboxylic acid groups (broad SMARTS) is 1. The van der Waals surface area contributed by atoms with Crippen LogP contribution in [0, 0.1) is 0 Å². The highest BCUT2D eigenvalue weighted by atomic mass is 32.1. The van der Waals surface area contributed by atoms with Gasteiger partial charge in [0.1, 0.15) is 11.8 Å². The number of nitrogens with zero attached hydrogens (tertiary/aromatic N) is 3. The molecular weight excluding hydrogens is 855 g/mol. The van der Waals surface area contributed by atoms with E-state index in [0.717, 1.165) is 76.7 Å². The summed E-state index contributed by atoms with van der Waals surface area (Å²) in [7, 11) is 1.65. The summed E-state index contributed by atoms with van der Waals surface area (Å²) in [5.41, 5.74) is 3.94. The van der Waals surface area contributed by atoms with Gasteiger partial charge in [0, 0.05) is 59.8 Å². The Morgan fingerprint density at radius 1 is 0.738 bits per heavy atom. The first-order valence-electron chi connectivity index (χ1n) is 22.8. The molecule has 5 aromatic rings. The monoisotopic (exact) mass is 925 g/mol. The second-order valence-corrected chi connectivity index (χ2v) is 19.7. The first-order valence-corrected chi connectivity index (χ1v) is 24.5. The number of amides is 3. The molecule has 4 heterocycles. The highest BCUT2D eigenvalue weighted by molar-refractivity contribution is 7.14. The molecule has 1 saturated heterocycles. The van der Waals surface area contributed by atoms with Gasteiger partial charge in [-0.2, -0.15) is 0 Å². The number of benzene rings is 2. The molecule has 3 aromatic heterocycles. The van der Waals surface area contributed by atoms with E-state index in [1.807, 2.05) is 104 Å². The third-order valence-electron chi connectivity index (χ3n) is 10.4. The molecule has 3 N–H and O–H groups in total. The molecule has 3 amide bonds. The zero-order valence-corrected chi connectivity index (χ0v) is 41.8. The van der Waals surface area contributed by atoms with E-state index in [9.17, 15) is 14.4 Å². The topological polar surface area (TPSA) is 151 Å². The lowest BCUT2D eigenvalue weighted by Crippen LogP contribution is -2.48. The Bertz CT molecular complexity index is 2180. The van der Waals surface area contributed by atoms with Gasteiger partial charge in [-0.15, -0.1) is 22.7 Å². The standard InChI is InChI=1S/C39H48N4O3S.C10H15NOS.C2H6.CH2O2/c1-5-6-7-8-11-24-46-32-18-16-29(17-19-32)31-26-40-36(41-27-31)30-14-12-28(13-15-30)25-33(38(45)43-22-9-10-23-43)42-37(44)34-20-21-35(47-34)39(2,3)4;1-10(2,3)8-6-5-7(13-8)9(12)11-4;1-2;2-1-3/h12-21,26-27,33H,5-11,22-25H2,1-4H3,(H,42,44);5-6H,1-4H3,(H,11,12);1-2H3;1H,(H,2,3). The molecule has 65 heavy (non-hydrogen) atoms. The van der Waals surface area contributed by atoms with Crippen LogP contribution in [-0.2, 0) is 26.8 Å². The SMILES string of the molecule is CC.CCCCCCCOc1ccc(-c2cnc(-c3ccc(CC(NC(=O)c4ccc(C(C)(C)C)s4)C(=O)N4CCCC4)cc3)nc2)cc1.CNC(=O)c1ccc(C(C)(C)C)s1.O=CO. The number of carbonyl (C=O) groups is 4. The van der Waals surface area contributed by atoms with Gasteiger partial charge in [-0.3, -0.25) is 19.2 Å². The number of carbonyl (C=O) groups excluding carboxylic acids is 3. The van der Waals surface area contributed by atoms with Crippen molar-refractivity contribution in [3.8, 4) is 28.3 Å². The molecule has 0 saturated carbocycles. The number of hydrogen-bond acceptors (Lipinski definition) is 9. The largest absolute Gasteiger partial charge is 0.494 e. The molecule has 1 aliphatic heterocycles. The molecule has 1 unspecified atom stereocenters. The van der Waals surface area contributed by atoms with Crippen molar-refractivity contribution in [2.45, 2.75) is 131 Å². The maximum absolute atomic E-state index is 13.5. The second kappa shape index (κ2) is 27.2. The van der Waals surface area contributed by atoms with Crippen LogP contribution >= 0.6 is 22.7 Å². The van der Waals surface area contributed by atoms with E-state index in [1.165, 1.54) is 41.9 Å². The number of ether oxygens (including phenoxy) is 1. The van der Waals surface area contributed by atoms with Crippen LogP contribution in [0.15, 0.2) is 85.2 Å². The van der Waals surface area contributed by atoms with Crippen molar-refractivity contribution in [1.82, 2.24) is 25.5 Å². The van der Waals surface area contributed by atoms with Crippen molar-refractivity contribution in [1.29, 1.82) is 0 Å². The molecule has 0 aliphatic carbocycles. The number of hydrogen-bond donors (Lipinski definition) is 3. The first kappa shape index (κ1) is 53.9. The van der Waals surface area contributed by atoms with Crippen LogP contribution in [-0.4, -0.2) is 77.0 Å². The van der Waals surface area contributed by atoms with Crippen molar-refractivity contribution in [2.24, 2.45) is 0 Å². The number of thiophene rings is 2. The Labute approximate surface area is 395 Å². The van der Waals surface area contributed by atoms with Gasteiger partial charge >= 0.3 is 0 Å². The molecule has 11 nitrogen and oxygen atoms in total. The summed E-state index contributed by atoms with van der Waals surface area (Å²) in [6.45, 7) is 21.0.